The third-order valence-corrected chi connectivity index (χ3v) is 1.64. The standard InChI is InChI=1S/C19H11NO.16H2/c1-3-4-5-6-7-8-9-10-11-12-13-14-15-16-17-19(21)18(2)20;;;;;;;;;;;;;;;;/h17-19,21H,1,20H2,2H3;16*1H/t18-,19-;;;;;;;;;;;;;;;;/m0................/s1. The lowest BCUT2D eigenvalue weighted by molar-refractivity contribution is 0.198. The maximum atomic E-state index is 9.31. The Morgan fingerprint density at radius 2 is 1.24 bits per heavy atom. The van der Waals surface area contributed by atoms with Crippen LogP contribution in [0.2, 0.25) is 0 Å². The Hall–Kier alpha value is -3.42. The third-order valence-electron chi connectivity index (χ3n) is 1.64. The fourth-order valence-corrected chi connectivity index (χ4v) is 0.672. The van der Waals surface area contributed by atoms with Gasteiger partial charge in [0.25, 0.3) is 0 Å². The molecule has 2 atom stereocenters. The Morgan fingerprint density at radius 3 is 1.62 bits per heavy atom. The smallest absolute Gasteiger partial charge is 0.0949 e. The molecule has 2 heteroatoms. The van der Waals surface area contributed by atoms with Crippen molar-refractivity contribution in [3.8, 4) is 0 Å². The minimum absolute atomic E-state index is 0. The van der Waals surface area contributed by atoms with Crippen molar-refractivity contribution in [2.24, 2.45) is 5.73 Å². The third kappa shape index (κ3) is 12.8. The number of aliphatic hydroxyl groups is 1. The Bertz CT molecular complexity index is 928. The van der Waals surface area contributed by atoms with Crippen LogP contribution in [-0.2, 0) is 0 Å². The topological polar surface area (TPSA) is 46.2 Å². The molecule has 0 aromatic heterocycles. The highest BCUT2D eigenvalue weighted by Crippen LogP contribution is 1.88. The number of rotatable bonds is 2. The summed E-state index contributed by atoms with van der Waals surface area (Å²) in [6.07, 6.45) is 0.611. The van der Waals surface area contributed by atoms with Gasteiger partial charge in [0.2, 0.25) is 0 Å². The molecular weight excluding hydrogens is 258 g/mol. The average molecular weight is 302 g/mol. The quantitative estimate of drug-likeness (QED) is 0.615. The van der Waals surface area contributed by atoms with Crippen LogP contribution in [-0.4, -0.2) is 17.3 Å². The van der Waals surface area contributed by atoms with Gasteiger partial charge in [-0.05, 0) is 88.4 Å². The van der Waals surface area contributed by atoms with Gasteiger partial charge in [-0.15, -0.1) is 0 Å². The van der Waals surface area contributed by atoms with Crippen LogP contribution in [0.15, 0.2) is 92.9 Å². The van der Waals surface area contributed by atoms with Crippen molar-refractivity contribution >= 4 is 0 Å². The summed E-state index contributed by atoms with van der Waals surface area (Å²) in [6.45, 7) is 4.98. The Morgan fingerprint density at radius 1 is 0.857 bits per heavy atom. The van der Waals surface area contributed by atoms with Crippen molar-refractivity contribution in [2.75, 3.05) is 0 Å². The second-order valence-corrected chi connectivity index (χ2v) is 3.34. The van der Waals surface area contributed by atoms with Crippen molar-refractivity contribution < 1.29 is 27.9 Å². The summed E-state index contributed by atoms with van der Waals surface area (Å²) in [5.74, 6) is 0. The van der Waals surface area contributed by atoms with E-state index >= 15 is 0 Å². The average Bonchev–Trinajstić information content (AvgIpc) is 2.47. The summed E-state index contributed by atoms with van der Waals surface area (Å²) < 4.78 is 0. The number of nitrogens with two attached hydrogens (primary N) is 1. The number of hydrogen-bond acceptors (Lipinski definition) is 2. The lowest BCUT2D eigenvalue weighted by atomic mass is 10.2. The Balaban J connectivity index is -0.0000000167. The molecule has 0 bridgehead atoms. The van der Waals surface area contributed by atoms with Gasteiger partial charge in [-0.1, -0.05) is 11.5 Å². The molecule has 130 valence electrons. The zero-order chi connectivity index (χ0) is 15.8. The highest BCUT2D eigenvalue weighted by Gasteiger charge is 2.02. The van der Waals surface area contributed by atoms with Crippen LogP contribution in [0.5, 0.6) is 0 Å². The molecule has 2 nitrogen and oxygen atoms in total. The molecule has 0 aromatic rings. The largest absolute Gasteiger partial charge is 0.387 e. The molecule has 0 unspecified atom stereocenters. The molecule has 3 N–H and O–H groups in total. The second-order valence-electron chi connectivity index (χ2n) is 3.34. The van der Waals surface area contributed by atoms with E-state index in [-0.39, 0.29) is 28.9 Å². The van der Waals surface area contributed by atoms with E-state index in [2.05, 4.69) is 86.8 Å². The molecule has 0 aliphatic carbocycles. The predicted molar refractivity (Wildman–Crippen MR) is 113 cm³/mol. The van der Waals surface area contributed by atoms with Gasteiger partial charge in [-0.2, -0.15) is 0 Å². The highest BCUT2D eigenvalue weighted by molar-refractivity contribution is 4.95. The first-order valence-corrected chi connectivity index (χ1v) is 5.73. The van der Waals surface area contributed by atoms with Gasteiger partial charge in [-0.3, -0.25) is 0 Å². The molecule has 0 amide bonds. The van der Waals surface area contributed by atoms with Crippen LogP contribution in [0, 0.1) is 0 Å². The fourth-order valence-electron chi connectivity index (χ4n) is 0.672. The lowest BCUT2D eigenvalue weighted by Crippen LogP contribution is -2.29. The lowest BCUT2D eigenvalue weighted by Gasteiger charge is -2.06. The molecule has 0 aliphatic rings. The Kier molecular flexibility index (Phi) is 10.9. The van der Waals surface area contributed by atoms with Crippen LogP contribution >= 0.6 is 0 Å². The summed E-state index contributed by atoms with van der Waals surface area (Å²) >= 11 is 0. The van der Waals surface area contributed by atoms with Gasteiger partial charge in [-0.25, -0.2) is 0 Å². The van der Waals surface area contributed by atoms with E-state index in [0.717, 1.165) is 0 Å². The fraction of sp³-hybridized carbons (Fsp3) is 0.158. The SMILES string of the molecule is C=C=C=C=C=C=C=C=C=C=C=C=C=C=C=C[C@H](O)[C@H](C)N.[HH].[HH].[HH].[HH].[HH].[HH].[HH].[HH].[HH].[HH].[HH].[HH].[HH].[HH].[HH].[HH]. The van der Waals surface area contributed by atoms with E-state index in [0.29, 0.717) is 0 Å². The Labute approximate surface area is 147 Å². The number of aliphatic hydroxyl groups excluding tert-OH is 1. The zero-order valence-corrected chi connectivity index (χ0v) is 11.5. The van der Waals surface area contributed by atoms with Gasteiger partial charge >= 0.3 is 0 Å². The van der Waals surface area contributed by atoms with Gasteiger partial charge in [0.05, 0.1) is 6.10 Å². The molecule has 0 aromatic carbocycles. The maximum Gasteiger partial charge on any atom is 0.0949 e. The van der Waals surface area contributed by atoms with E-state index in [4.69, 9.17) is 5.73 Å². The van der Waals surface area contributed by atoms with Gasteiger partial charge in [0, 0.05) is 28.9 Å². The van der Waals surface area contributed by atoms with E-state index in [9.17, 15) is 5.11 Å². The minimum atomic E-state index is -0.766. The summed E-state index contributed by atoms with van der Waals surface area (Å²) in [7, 11) is 0. The summed E-state index contributed by atoms with van der Waals surface area (Å²) in [6, 6.07) is -0.362. The first-order chi connectivity index (χ1) is 10.2. The first kappa shape index (κ1) is 17.6. The molecule has 0 radical (unpaired) electrons. The summed E-state index contributed by atoms with van der Waals surface area (Å²) in [5.41, 5.74) is 40.1. The molecule has 0 saturated heterocycles. The molecule has 0 saturated carbocycles. The minimum Gasteiger partial charge on any atom is -0.387 e. The molecule has 0 aliphatic heterocycles. The molecule has 0 heterocycles. The van der Waals surface area contributed by atoms with E-state index in [1.54, 1.807) is 6.92 Å². The molecular formula is C19H43NO. The van der Waals surface area contributed by atoms with E-state index < -0.39 is 6.10 Å². The highest BCUT2D eigenvalue weighted by atomic mass is 16.3. The molecule has 0 fully saturated rings. The number of hydrogen-bond donors (Lipinski definition) is 2. The van der Waals surface area contributed by atoms with Crippen molar-refractivity contribution in [3.05, 3.63) is 92.9 Å². The van der Waals surface area contributed by atoms with Gasteiger partial charge in [0.15, 0.2) is 0 Å². The van der Waals surface area contributed by atoms with E-state index in [1.807, 2.05) is 0 Å². The summed E-state index contributed by atoms with van der Waals surface area (Å²) in [5, 5.41) is 9.31. The second kappa shape index (κ2) is 13.0. The van der Waals surface area contributed by atoms with Crippen molar-refractivity contribution in [3.63, 3.8) is 0 Å². The predicted octanol–water partition coefficient (Wildman–Crippen LogP) is 5.99. The maximum absolute atomic E-state index is 9.31. The van der Waals surface area contributed by atoms with Gasteiger partial charge in [0.1, 0.15) is 0 Å². The van der Waals surface area contributed by atoms with Crippen molar-refractivity contribution in [2.45, 2.75) is 19.1 Å². The summed E-state index contributed by atoms with van der Waals surface area (Å²) in [4.78, 5) is 0. The molecule has 0 spiro atoms. The molecule has 0 rings (SSSR count). The van der Waals surface area contributed by atoms with Crippen molar-refractivity contribution in [1.29, 1.82) is 0 Å². The van der Waals surface area contributed by atoms with Crippen molar-refractivity contribution in [1.82, 2.24) is 0 Å². The zero-order valence-electron chi connectivity index (χ0n) is 11.5. The van der Waals surface area contributed by atoms with Crippen LogP contribution < -0.4 is 5.73 Å². The van der Waals surface area contributed by atoms with Crippen LogP contribution in [0.1, 0.15) is 29.7 Å². The van der Waals surface area contributed by atoms with Crippen LogP contribution in [0.3, 0.4) is 0 Å². The van der Waals surface area contributed by atoms with Crippen LogP contribution in [0.4, 0.5) is 0 Å². The monoisotopic (exact) mass is 301 g/mol. The van der Waals surface area contributed by atoms with Crippen LogP contribution in [0.25, 0.3) is 0 Å². The molecule has 21 heavy (non-hydrogen) atoms. The first-order valence-electron chi connectivity index (χ1n) is 5.73. The van der Waals surface area contributed by atoms with E-state index in [1.165, 1.54) is 6.08 Å². The van der Waals surface area contributed by atoms with Gasteiger partial charge < -0.3 is 10.8 Å². The normalized spacial score (nSPS) is 8.71.